The molecule has 3 aromatic heterocycles. The molecule has 0 fully saturated rings. The first-order chi connectivity index (χ1) is 19.0. The molecule has 0 unspecified atom stereocenters. The van der Waals surface area contributed by atoms with Gasteiger partial charge in [-0.25, -0.2) is 4.98 Å². The SMILES string of the molecule is Cc1c(CC(=O)O)c2cc(OCCCC(=O)O)ccc2n1Cc1ccc2oc(-c3nc(C(C)(C)C)cs3)cc2c1. The zero-order valence-electron chi connectivity index (χ0n) is 23.0. The van der Waals surface area contributed by atoms with Gasteiger partial charge in [0.05, 0.1) is 18.7 Å². The number of aliphatic carboxylic acids is 2. The van der Waals surface area contributed by atoms with Gasteiger partial charge >= 0.3 is 11.9 Å². The smallest absolute Gasteiger partial charge is 0.307 e. The minimum atomic E-state index is -0.904. The number of aromatic nitrogens is 2. The average Bonchev–Trinajstić information content (AvgIpc) is 3.60. The highest BCUT2D eigenvalue weighted by molar-refractivity contribution is 7.13. The monoisotopic (exact) mass is 560 g/mol. The maximum Gasteiger partial charge on any atom is 0.307 e. The molecule has 0 saturated carbocycles. The van der Waals surface area contributed by atoms with E-state index in [9.17, 15) is 14.7 Å². The quantitative estimate of drug-likeness (QED) is 0.176. The zero-order valence-corrected chi connectivity index (χ0v) is 23.8. The first-order valence-corrected chi connectivity index (χ1v) is 14.0. The summed E-state index contributed by atoms with van der Waals surface area (Å²) in [6, 6.07) is 13.7. The predicted octanol–water partition coefficient (Wildman–Crippen LogP) is 7.04. The van der Waals surface area contributed by atoms with Gasteiger partial charge < -0.3 is 23.9 Å². The Bertz CT molecular complexity index is 1720. The number of carbonyl (C=O) groups is 2. The number of nitrogens with zero attached hydrogens (tertiary/aromatic N) is 2. The average molecular weight is 561 g/mol. The van der Waals surface area contributed by atoms with Crippen molar-refractivity contribution in [3.8, 4) is 16.5 Å². The van der Waals surface area contributed by atoms with Crippen molar-refractivity contribution in [2.45, 2.75) is 58.9 Å². The zero-order chi connectivity index (χ0) is 28.6. The van der Waals surface area contributed by atoms with Crippen molar-refractivity contribution in [3.05, 3.63) is 70.4 Å². The Labute approximate surface area is 235 Å². The van der Waals surface area contributed by atoms with Gasteiger partial charge in [-0.05, 0) is 60.9 Å². The Kier molecular flexibility index (Phi) is 7.42. The van der Waals surface area contributed by atoms with Crippen molar-refractivity contribution in [3.63, 3.8) is 0 Å². The van der Waals surface area contributed by atoms with Crippen LogP contribution in [0.1, 0.15) is 56.1 Å². The number of hydrogen-bond donors (Lipinski definition) is 2. The molecule has 0 aliphatic heterocycles. The first-order valence-electron chi connectivity index (χ1n) is 13.2. The normalized spacial score (nSPS) is 11.9. The van der Waals surface area contributed by atoms with Crippen LogP contribution < -0.4 is 4.74 Å². The second-order valence-electron chi connectivity index (χ2n) is 11.0. The molecule has 0 atom stereocenters. The second-order valence-corrected chi connectivity index (χ2v) is 11.9. The number of thiazole rings is 1. The molecule has 5 rings (SSSR count). The Hall–Kier alpha value is -4.11. The Morgan fingerprint density at radius 1 is 1.07 bits per heavy atom. The molecule has 3 heterocycles. The molecule has 8 nitrogen and oxygen atoms in total. The Balaban J connectivity index is 1.44. The molecule has 0 aliphatic carbocycles. The van der Waals surface area contributed by atoms with E-state index >= 15 is 0 Å². The van der Waals surface area contributed by atoms with Gasteiger partial charge in [-0.2, -0.15) is 0 Å². The van der Waals surface area contributed by atoms with Crippen LogP contribution in [0, 0.1) is 6.92 Å². The van der Waals surface area contributed by atoms with E-state index in [0.717, 1.165) is 55.2 Å². The molecule has 0 radical (unpaired) electrons. The molecule has 208 valence electrons. The van der Waals surface area contributed by atoms with E-state index in [1.165, 1.54) is 0 Å². The third-order valence-electron chi connectivity index (χ3n) is 6.96. The molecule has 2 aromatic carbocycles. The number of ether oxygens (including phenoxy) is 1. The molecule has 9 heteroatoms. The molecule has 0 saturated heterocycles. The summed E-state index contributed by atoms with van der Waals surface area (Å²) in [4.78, 5) is 27.3. The van der Waals surface area contributed by atoms with Gasteiger partial charge in [0.1, 0.15) is 11.3 Å². The van der Waals surface area contributed by atoms with Crippen LogP contribution in [0.3, 0.4) is 0 Å². The summed E-state index contributed by atoms with van der Waals surface area (Å²) in [6.45, 7) is 9.20. The summed E-state index contributed by atoms with van der Waals surface area (Å²) in [7, 11) is 0. The Morgan fingerprint density at radius 2 is 1.88 bits per heavy atom. The molecule has 0 amide bonds. The van der Waals surface area contributed by atoms with E-state index in [2.05, 4.69) is 36.8 Å². The van der Waals surface area contributed by atoms with Crippen molar-refractivity contribution < 1.29 is 29.0 Å². The van der Waals surface area contributed by atoms with Gasteiger partial charge in [0.15, 0.2) is 10.8 Å². The lowest BCUT2D eigenvalue weighted by Crippen LogP contribution is -2.11. The van der Waals surface area contributed by atoms with Gasteiger partial charge in [0, 0.05) is 45.7 Å². The van der Waals surface area contributed by atoms with Crippen LogP contribution in [0.5, 0.6) is 5.75 Å². The van der Waals surface area contributed by atoms with Gasteiger partial charge in [-0.1, -0.05) is 26.8 Å². The van der Waals surface area contributed by atoms with Crippen LogP contribution in [-0.4, -0.2) is 38.3 Å². The summed E-state index contributed by atoms with van der Waals surface area (Å²) < 4.78 is 14.0. The third kappa shape index (κ3) is 5.74. The first kappa shape index (κ1) is 27.5. The molecular formula is C31H32N2O6S. The highest BCUT2D eigenvalue weighted by atomic mass is 32.1. The van der Waals surface area contributed by atoms with E-state index in [0.29, 0.717) is 18.7 Å². The van der Waals surface area contributed by atoms with Crippen LogP contribution in [0.4, 0.5) is 0 Å². The minimum Gasteiger partial charge on any atom is -0.494 e. The van der Waals surface area contributed by atoms with Crippen molar-refractivity contribution in [1.82, 2.24) is 9.55 Å². The van der Waals surface area contributed by atoms with E-state index in [1.54, 1.807) is 11.3 Å². The van der Waals surface area contributed by atoms with E-state index in [4.69, 9.17) is 19.2 Å². The van der Waals surface area contributed by atoms with Crippen LogP contribution in [0.2, 0.25) is 0 Å². The van der Waals surface area contributed by atoms with Crippen LogP contribution in [0.25, 0.3) is 32.6 Å². The van der Waals surface area contributed by atoms with Crippen LogP contribution in [-0.2, 0) is 28.0 Å². The fraction of sp³-hybridized carbons (Fsp3) is 0.323. The predicted molar refractivity (Wildman–Crippen MR) is 156 cm³/mol. The summed E-state index contributed by atoms with van der Waals surface area (Å²) >= 11 is 1.58. The molecular weight excluding hydrogens is 528 g/mol. The molecule has 2 N–H and O–H groups in total. The second kappa shape index (κ2) is 10.8. The number of furan rings is 1. The minimum absolute atomic E-state index is 0.0297. The van der Waals surface area contributed by atoms with Crippen molar-refractivity contribution in [2.24, 2.45) is 0 Å². The number of carboxylic acids is 2. The van der Waals surface area contributed by atoms with Crippen molar-refractivity contribution >= 4 is 45.1 Å². The summed E-state index contributed by atoms with van der Waals surface area (Å²) in [5.41, 5.74) is 5.39. The molecule has 40 heavy (non-hydrogen) atoms. The van der Waals surface area contributed by atoms with Crippen molar-refractivity contribution in [2.75, 3.05) is 6.61 Å². The van der Waals surface area contributed by atoms with Gasteiger partial charge in [0.2, 0.25) is 0 Å². The lowest BCUT2D eigenvalue weighted by atomic mass is 9.93. The van der Waals surface area contributed by atoms with Crippen molar-refractivity contribution in [1.29, 1.82) is 0 Å². The van der Waals surface area contributed by atoms with E-state index in [1.807, 2.05) is 43.3 Å². The molecule has 0 spiro atoms. The maximum atomic E-state index is 11.7. The van der Waals surface area contributed by atoms with Crippen LogP contribution >= 0.6 is 11.3 Å². The van der Waals surface area contributed by atoms with E-state index < -0.39 is 11.9 Å². The maximum absolute atomic E-state index is 11.7. The third-order valence-corrected chi connectivity index (χ3v) is 7.82. The molecule has 5 aromatic rings. The summed E-state index contributed by atoms with van der Waals surface area (Å²) in [5, 5.41) is 23.2. The Morgan fingerprint density at radius 3 is 2.58 bits per heavy atom. The number of fused-ring (bicyclic) bond motifs is 2. The standard InChI is InChI=1S/C31H32N2O6S/c1-18-22(15-29(36)37)23-14-21(38-11-5-6-28(34)35)8-9-24(23)33(18)16-19-7-10-25-20(12-19)13-26(39-25)30-32-27(17-40-30)31(2,3)4/h7-10,12-14,17H,5-6,11,15-16H2,1-4H3,(H,34,35)(H,36,37). The molecule has 0 bridgehead atoms. The lowest BCUT2D eigenvalue weighted by Gasteiger charge is -2.13. The largest absolute Gasteiger partial charge is 0.494 e. The fourth-order valence-electron chi connectivity index (χ4n) is 4.82. The summed E-state index contributed by atoms with van der Waals surface area (Å²) in [5.74, 6) is -0.432. The fourth-order valence-corrected chi connectivity index (χ4v) is 5.82. The van der Waals surface area contributed by atoms with Crippen LogP contribution in [0.15, 0.2) is 52.3 Å². The summed E-state index contributed by atoms with van der Waals surface area (Å²) in [6.07, 6.45) is 0.326. The molecule has 0 aliphatic rings. The van der Waals surface area contributed by atoms with Gasteiger partial charge in [0.25, 0.3) is 0 Å². The highest BCUT2D eigenvalue weighted by Gasteiger charge is 2.20. The topological polar surface area (TPSA) is 115 Å². The highest BCUT2D eigenvalue weighted by Crippen LogP contribution is 2.35. The number of hydrogen-bond acceptors (Lipinski definition) is 6. The number of rotatable bonds is 10. The van der Waals surface area contributed by atoms with E-state index in [-0.39, 0.29) is 24.9 Å². The number of carboxylic acid groups (broad SMARTS) is 2. The number of benzene rings is 2. The van der Waals surface area contributed by atoms with Gasteiger partial charge in [-0.3, -0.25) is 9.59 Å². The lowest BCUT2D eigenvalue weighted by molar-refractivity contribution is -0.137. The van der Waals surface area contributed by atoms with Gasteiger partial charge in [-0.15, -0.1) is 11.3 Å².